The Labute approximate surface area is 161 Å². The van der Waals surface area contributed by atoms with Crippen LogP contribution < -0.4 is 19.5 Å². The molecule has 6 heteroatoms. The molecule has 1 N–H and O–H groups in total. The van der Waals surface area contributed by atoms with Gasteiger partial charge in [-0.05, 0) is 40.5 Å². The first-order chi connectivity index (χ1) is 12.6. The average molecular weight is 420 g/mol. The van der Waals surface area contributed by atoms with Crippen molar-refractivity contribution in [2.45, 2.75) is 25.8 Å². The van der Waals surface area contributed by atoms with Gasteiger partial charge in [0, 0.05) is 17.5 Å². The van der Waals surface area contributed by atoms with Gasteiger partial charge in [-0.1, -0.05) is 25.1 Å². The molecule has 26 heavy (non-hydrogen) atoms. The highest BCUT2D eigenvalue weighted by Gasteiger charge is 2.24. The zero-order chi connectivity index (χ0) is 18.5. The van der Waals surface area contributed by atoms with Crippen LogP contribution in [0.25, 0.3) is 0 Å². The molecule has 0 fully saturated rings. The van der Waals surface area contributed by atoms with Crippen LogP contribution in [0.15, 0.2) is 40.9 Å². The topological polar surface area (TPSA) is 56.8 Å². The maximum absolute atomic E-state index is 12.8. The van der Waals surface area contributed by atoms with Crippen molar-refractivity contribution in [3.8, 4) is 17.2 Å². The molecule has 2 aromatic rings. The highest BCUT2D eigenvalue weighted by molar-refractivity contribution is 9.10. The lowest BCUT2D eigenvalue weighted by molar-refractivity contribution is 0.0924. The molecule has 1 atom stereocenters. The standard InChI is InChI=1S/C20H22BrNO4/c1-3-9-26-19-15(21)11-13(12-18(19)24-2)20(23)22-16-8-10-25-17-7-5-4-6-14(16)17/h4-7,11-12,16H,3,8-10H2,1-2H3,(H,22,23). The largest absolute Gasteiger partial charge is 0.493 e. The van der Waals surface area contributed by atoms with E-state index < -0.39 is 0 Å². The summed E-state index contributed by atoms with van der Waals surface area (Å²) in [5.41, 5.74) is 1.52. The fourth-order valence-electron chi connectivity index (χ4n) is 2.93. The summed E-state index contributed by atoms with van der Waals surface area (Å²) in [4.78, 5) is 12.8. The van der Waals surface area contributed by atoms with E-state index in [1.165, 1.54) is 0 Å². The van der Waals surface area contributed by atoms with E-state index in [9.17, 15) is 4.79 Å². The lowest BCUT2D eigenvalue weighted by Gasteiger charge is -2.26. The SMILES string of the molecule is CCCOc1c(Br)cc(C(=O)NC2CCOc3ccccc32)cc1OC. The quantitative estimate of drug-likeness (QED) is 0.748. The number of hydrogen-bond donors (Lipinski definition) is 1. The third kappa shape index (κ3) is 3.96. The Hall–Kier alpha value is -2.21. The molecule has 3 rings (SSSR count). The van der Waals surface area contributed by atoms with E-state index in [1.54, 1.807) is 19.2 Å². The molecule has 2 aromatic carbocycles. The van der Waals surface area contributed by atoms with Gasteiger partial charge in [0.2, 0.25) is 0 Å². The first kappa shape index (κ1) is 18.6. The average Bonchev–Trinajstić information content (AvgIpc) is 2.66. The molecule has 1 heterocycles. The predicted molar refractivity (Wildman–Crippen MR) is 103 cm³/mol. The van der Waals surface area contributed by atoms with Gasteiger partial charge in [0.05, 0.1) is 30.8 Å². The maximum atomic E-state index is 12.8. The monoisotopic (exact) mass is 419 g/mol. The van der Waals surface area contributed by atoms with Crippen LogP contribution in [-0.4, -0.2) is 26.2 Å². The van der Waals surface area contributed by atoms with Crippen molar-refractivity contribution in [3.63, 3.8) is 0 Å². The molecule has 0 aliphatic carbocycles. The lowest BCUT2D eigenvalue weighted by Crippen LogP contribution is -2.32. The van der Waals surface area contributed by atoms with Crippen LogP contribution in [0.1, 0.15) is 41.7 Å². The summed E-state index contributed by atoms with van der Waals surface area (Å²) >= 11 is 3.48. The second kappa shape index (κ2) is 8.45. The van der Waals surface area contributed by atoms with Crippen LogP contribution in [0.5, 0.6) is 17.2 Å². The van der Waals surface area contributed by atoms with Crippen LogP contribution in [0.2, 0.25) is 0 Å². The molecule has 0 spiro atoms. The van der Waals surface area contributed by atoms with E-state index >= 15 is 0 Å². The minimum atomic E-state index is -0.159. The molecule has 138 valence electrons. The first-order valence-corrected chi connectivity index (χ1v) is 9.46. The number of hydrogen-bond acceptors (Lipinski definition) is 4. The van der Waals surface area contributed by atoms with Crippen LogP contribution in [0, 0.1) is 0 Å². The fraction of sp³-hybridized carbons (Fsp3) is 0.350. The lowest BCUT2D eigenvalue weighted by atomic mass is 10.00. The van der Waals surface area contributed by atoms with Crippen molar-refractivity contribution in [2.75, 3.05) is 20.3 Å². The normalized spacial score (nSPS) is 15.6. The molecular formula is C20H22BrNO4. The van der Waals surface area contributed by atoms with Gasteiger partial charge in [0.1, 0.15) is 5.75 Å². The second-order valence-corrected chi connectivity index (χ2v) is 6.89. The molecule has 0 saturated heterocycles. The van der Waals surface area contributed by atoms with Crippen molar-refractivity contribution >= 4 is 21.8 Å². The highest BCUT2D eigenvalue weighted by atomic mass is 79.9. The summed E-state index contributed by atoms with van der Waals surface area (Å²) < 4.78 is 17.5. The molecule has 1 aliphatic rings. The van der Waals surface area contributed by atoms with Gasteiger partial charge in [0.25, 0.3) is 5.91 Å². The molecule has 0 aromatic heterocycles. The number of benzene rings is 2. The Balaban J connectivity index is 1.81. The number of halogens is 1. The van der Waals surface area contributed by atoms with Crippen LogP contribution >= 0.6 is 15.9 Å². The number of rotatable bonds is 6. The summed E-state index contributed by atoms with van der Waals surface area (Å²) in [5, 5.41) is 3.10. The highest BCUT2D eigenvalue weighted by Crippen LogP contribution is 2.37. The first-order valence-electron chi connectivity index (χ1n) is 8.67. The van der Waals surface area contributed by atoms with E-state index in [-0.39, 0.29) is 11.9 Å². The van der Waals surface area contributed by atoms with E-state index in [1.807, 2.05) is 31.2 Å². The molecule has 0 bridgehead atoms. The fourth-order valence-corrected chi connectivity index (χ4v) is 3.49. The van der Waals surface area contributed by atoms with E-state index in [2.05, 4.69) is 21.2 Å². The van der Waals surface area contributed by atoms with Gasteiger partial charge in [-0.3, -0.25) is 4.79 Å². The van der Waals surface area contributed by atoms with Gasteiger partial charge in [-0.15, -0.1) is 0 Å². The molecular weight excluding hydrogens is 398 g/mol. The number of methoxy groups -OCH3 is 1. The summed E-state index contributed by atoms with van der Waals surface area (Å²) in [6.07, 6.45) is 1.62. The number of carbonyl (C=O) groups excluding carboxylic acids is 1. The zero-order valence-corrected chi connectivity index (χ0v) is 16.5. The smallest absolute Gasteiger partial charge is 0.251 e. The van der Waals surface area contributed by atoms with Gasteiger partial charge >= 0.3 is 0 Å². The number of nitrogens with one attached hydrogen (secondary N) is 1. The van der Waals surface area contributed by atoms with Gasteiger partial charge in [-0.25, -0.2) is 0 Å². The van der Waals surface area contributed by atoms with E-state index in [4.69, 9.17) is 14.2 Å². The number of para-hydroxylation sites is 1. The molecule has 1 amide bonds. The minimum Gasteiger partial charge on any atom is -0.493 e. The van der Waals surface area contributed by atoms with Crippen LogP contribution in [-0.2, 0) is 0 Å². The Bertz CT molecular complexity index is 793. The van der Waals surface area contributed by atoms with Crippen molar-refractivity contribution in [1.82, 2.24) is 5.32 Å². The summed E-state index contributed by atoms with van der Waals surface area (Å²) in [5.74, 6) is 1.81. The Morgan fingerprint density at radius 1 is 1.35 bits per heavy atom. The van der Waals surface area contributed by atoms with Gasteiger partial charge in [-0.2, -0.15) is 0 Å². The predicted octanol–water partition coefficient (Wildman–Crippen LogP) is 4.50. The number of ether oxygens (including phenoxy) is 3. The molecule has 0 radical (unpaired) electrons. The number of amides is 1. The number of carbonyl (C=O) groups is 1. The van der Waals surface area contributed by atoms with Crippen LogP contribution in [0.3, 0.4) is 0 Å². The third-order valence-corrected chi connectivity index (χ3v) is 4.80. The molecule has 1 aliphatic heterocycles. The zero-order valence-electron chi connectivity index (χ0n) is 14.9. The molecule has 0 saturated carbocycles. The second-order valence-electron chi connectivity index (χ2n) is 6.04. The van der Waals surface area contributed by atoms with Gasteiger partial charge < -0.3 is 19.5 Å². The van der Waals surface area contributed by atoms with E-state index in [0.717, 1.165) is 24.2 Å². The Morgan fingerprint density at radius 3 is 2.92 bits per heavy atom. The minimum absolute atomic E-state index is 0.0757. The van der Waals surface area contributed by atoms with Gasteiger partial charge in [0.15, 0.2) is 11.5 Å². The molecule has 5 nitrogen and oxygen atoms in total. The number of fused-ring (bicyclic) bond motifs is 1. The third-order valence-electron chi connectivity index (χ3n) is 4.21. The Morgan fingerprint density at radius 2 is 2.15 bits per heavy atom. The van der Waals surface area contributed by atoms with E-state index in [0.29, 0.717) is 34.7 Å². The maximum Gasteiger partial charge on any atom is 0.251 e. The summed E-state index contributed by atoms with van der Waals surface area (Å²) in [7, 11) is 1.57. The van der Waals surface area contributed by atoms with Crippen molar-refractivity contribution in [1.29, 1.82) is 0 Å². The summed E-state index contributed by atoms with van der Waals surface area (Å²) in [6, 6.07) is 11.2. The summed E-state index contributed by atoms with van der Waals surface area (Å²) in [6.45, 7) is 3.20. The van der Waals surface area contributed by atoms with Crippen molar-refractivity contribution in [3.05, 3.63) is 52.0 Å². The van der Waals surface area contributed by atoms with Crippen molar-refractivity contribution in [2.24, 2.45) is 0 Å². The molecule has 1 unspecified atom stereocenters. The van der Waals surface area contributed by atoms with Crippen molar-refractivity contribution < 1.29 is 19.0 Å². The van der Waals surface area contributed by atoms with Crippen LogP contribution in [0.4, 0.5) is 0 Å². The Kier molecular flexibility index (Phi) is 6.04.